The molecule has 0 aromatic heterocycles. The maximum absolute atomic E-state index is 12.9. The Morgan fingerprint density at radius 1 is 0.212 bits per heavy atom. The molecule has 0 aromatic rings. The van der Waals surface area contributed by atoms with Crippen molar-refractivity contribution in [3.8, 4) is 0 Å². The fourth-order valence-electron chi connectivity index (χ4n) is 9.48. The molecule has 4 N–H and O–H groups in total. The fourth-order valence-corrected chi connectivity index (χ4v) is 9.48. The Balaban J connectivity index is 1.19. The molecule has 0 spiro atoms. The van der Waals surface area contributed by atoms with Gasteiger partial charge in [-0.25, -0.2) is 19.2 Å². The summed E-state index contributed by atoms with van der Waals surface area (Å²) in [6.45, 7) is 3.29. The molecule has 113 heavy (non-hydrogen) atoms. The van der Waals surface area contributed by atoms with Gasteiger partial charge in [-0.15, -0.1) is 20.3 Å². The van der Waals surface area contributed by atoms with E-state index in [1.807, 2.05) is 0 Å². The van der Waals surface area contributed by atoms with Crippen LogP contribution in [0.5, 0.6) is 0 Å². The third kappa shape index (κ3) is 46.6. The normalized spacial score (nSPS) is 14.4. The molecule has 4 saturated heterocycles. The Kier molecular flexibility index (Phi) is 52.5. The number of hydroxylamine groups is 8. The molecule has 0 atom stereocenters. The van der Waals surface area contributed by atoms with Crippen LogP contribution in [0.1, 0.15) is 103 Å². The van der Waals surface area contributed by atoms with Crippen molar-refractivity contribution in [3.63, 3.8) is 0 Å². The van der Waals surface area contributed by atoms with E-state index >= 15 is 0 Å². The van der Waals surface area contributed by atoms with Gasteiger partial charge in [0.1, 0.15) is 0 Å². The van der Waals surface area contributed by atoms with Gasteiger partial charge in [-0.05, 0) is 0 Å². The van der Waals surface area contributed by atoms with Crippen LogP contribution in [0.2, 0.25) is 0 Å². The van der Waals surface area contributed by atoms with Crippen LogP contribution in [0, 0.1) is 5.41 Å². The highest BCUT2D eigenvalue weighted by atomic mass is 16.7. The van der Waals surface area contributed by atoms with E-state index in [0.717, 1.165) is 0 Å². The molecular formula is C69H108N8O36. The minimum Gasteiger partial charge on any atom is -0.380 e. The van der Waals surface area contributed by atoms with E-state index in [4.69, 9.17) is 95.1 Å². The van der Waals surface area contributed by atoms with Crippen molar-refractivity contribution in [2.75, 3.05) is 238 Å². The first-order valence-electron chi connectivity index (χ1n) is 37.3. The lowest BCUT2D eigenvalue weighted by Crippen LogP contribution is -2.43. The maximum atomic E-state index is 12.9. The fraction of sp³-hybridized carbons (Fsp3) is 0.768. The second kappa shape index (κ2) is 61.2. The van der Waals surface area contributed by atoms with Crippen LogP contribution >= 0.6 is 0 Å². The second-order valence-electron chi connectivity index (χ2n) is 24.6. The Bertz CT molecular complexity index is 2500. The molecule has 4 fully saturated rings. The molecule has 0 radical (unpaired) electrons. The first kappa shape index (κ1) is 97.0. The summed E-state index contributed by atoms with van der Waals surface area (Å²) in [6.07, 6.45) is -1.15. The molecule has 4 aliphatic heterocycles. The molecule has 4 heterocycles. The summed E-state index contributed by atoms with van der Waals surface area (Å²) >= 11 is 0. The van der Waals surface area contributed by atoms with Gasteiger partial charge in [0.25, 0.3) is 47.3 Å². The van der Waals surface area contributed by atoms with Gasteiger partial charge >= 0.3 is 23.9 Å². The van der Waals surface area contributed by atoms with Crippen molar-refractivity contribution in [2.24, 2.45) is 5.41 Å². The number of imide groups is 4. The summed E-state index contributed by atoms with van der Waals surface area (Å²) in [5.74, 6) is -9.21. The van der Waals surface area contributed by atoms with E-state index in [0.29, 0.717) is 20.3 Å². The first-order chi connectivity index (χ1) is 54.7. The highest BCUT2D eigenvalue weighted by Crippen LogP contribution is 2.23. The topological polar surface area (TPSA) is 519 Å². The highest BCUT2D eigenvalue weighted by Gasteiger charge is 2.37. The predicted molar refractivity (Wildman–Crippen MR) is 373 cm³/mol. The zero-order valence-electron chi connectivity index (χ0n) is 63.8. The van der Waals surface area contributed by atoms with Crippen molar-refractivity contribution >= 4 is 94.8 Å². The molecule has 4 rings (SSSR count). The van der Waals surface area contributed by atoms with E-state index < -0.39 is 76.5 Å². The highest BCUT2D eigenvalue weighted by molar-refractivity contribution is 6.03. The summed E-state index contributed by atoms with van der Waals surface area (Å²) in [4.78, 5) is 212. The molecule has 0 aliphatic carbocycles. The lowest BCUT2D eigenvalue weighted by Gasteiger charge is -2.33. The van der Waals surface area contributed by atoms with Gasteiger partial charge in [-0.2, -0.15) is 0 Å². The Labute approximate surface area is 651 Å². The van der Waals surface area contributed by atoms with Gasteiger partial charge in [-0.3, -0.25) is 57.5 Å². The number of nitrogens with one attached hydrogen (secondary N) is 4. The van der Waals surface area contributed by atoms with Crippen LogP contribution in [-0.4, -0.2) is 353 Å². The van der Waals surface area contributed by atoms with Gasteiger partial charge in [-0.1, -0.05) is 0 Å². The Morgan fingerprint density at radius 2 is 0.363 bits per heavy atom. The molecule has 44 nitrogen and oxygen atoms in total. The molecule has 0 bridgehead atoms. The summed E-state index contributed by atoms with van der Waals surface area (Å²) in [5, 5.41) is 12.9. The third-order valence-electron chi connectivity index (χ3n) is 15.4. The number of ether oxygens (including phenoxy) is 16. The van der Waals surface area contributed by atoms with E-state index in [2.05, 4.69) is 21.3 Å². The van der Waals surface area contributed by atoms with Crippen LogP contribution in [0.15, 0.2) is 0 Å². The largest absolute Gasteiger partial charge is 0.380 e. The molecule has 0 saturated carbocycles. The minimum absolute atomic E-state index is 0.0153. The number of nitrogens with zero attached hydrogens (tertiary/aromatic N) is 4. The first-order valence-corrected chi connectivity index (χ1v) is 37.3. The van der Waals surface area contributed by atoms with Gasteiger partial charge in [0.15, 0.2) is 0 Å². The van der Waals surface area contributed by atoms with Gasteiger partial charge in [0.2, 0.25) is 23.6 Å². The maximum Gasteiger partial charge on any atom is 0.335 e. The quantitative estimate of drug-likeness (QED) is 0.0336. The van der Waals surface area contributed by atoms with E-state index in [1.165, 1.54) is 0 Å². The summed E-state index contributed by atoms with van der Waals surface area (Å²) in [6, 6.07) is 0. The predicted octanol–water partition coefficient (Wildman–Crippen LogP) is -3.75. The molecular weight excluding hydrogens is 1520 g/mol. The molecule has 4 aliphatic rings. The van der Waals surface area contributed by atoms with E-state index in [1.54, 1.807) is 0 Å². The smallest absolute Gasteiger partial charge is 0.335 e. The average molecular weight is 1630 g/mol. The molecule has 0 aromatic carbocycles. The number of hydrogen-bond acceptors (Lipinski definition) is 36. The zero-order chi connectivity index (χ0) is 81.8. The van der Waals surface area contributed by atoms with Crippen LogP contribution in [-0.2, 0) is 172 Å². The van der Waals surface area contributed by atoms with Crippen molar-refractivity contribution in [1.82, 2.24) is 41.5 Å². The number of carbonyl (C=O) groups excluding carboxylic acids is 16. The lowest BCUT2D eigenvalue weighted by atomic mass is 9.92. The van der Waals surface area contributed by atoms with Crippen LogP contribution in [0.25, 0.3) is 0 Å². The van der Waals surface area contributed by atoms with Gasteiger partial charge in [0, 0.05) is 103 Å². The van der Waals surface area contributed by atoms with Gasteiger partial charge < -0.3 is 116 Å². The van der Waals surface area contributed by atoms with Crippen molar-refractivity contribution in [2.45, 2.75) is 103 Å². The number of hydrogen-bond donors (Lipinski definition) is 4. The summed E-state index contributed by atoms with van der Waals surface area (Å²) in [7, 11) is 0. The van der Waals surface area contributed by atoms with Crippen molar-refractivity contribution < 1.29 is 172 Å². The molecule has 0 unspecified atom stereocenters. The van der Waals surface area contributed by atoms with Crippen molar-refractivity contribution in [3.05, 3.63) is 0 Å². The molecule has 640 valence electrons. The Morgan fingerprint density at radius 3 is 0.540 bits per heavy atom. The van der Waals surface area contributed by atoms with E-state index in [9.17, 15) is 76.7 Å². The molecule has 12 amide bonds. The van der Waals surface area contributed by atoms with Crippen LogP contribution in [0.4, 0.5) is 0 Å². The third-order valence-corrected chi connectivity index (χ3v) is 15.4. The van der Waals surface area contributed by atoms with E-state index in [-0.39, 0.29) is 364 Å². The average Bonchev–Trinajstić information content (AvgIpc) is 1.87. The number of carbonyl (C=O) groups is 16. The summed E-state index contributed by atoms with van der Waals surface area (Å²) < 4.78 is 89.7. The standard InChI is InChI=1S/C69H108N8O36/c78-53(70-17-29-98-37-45-102-41-33-94-25-13-65(90)110-74-57(82)1-2-58(74)83)9-21-106-49-69(50-107-22-10-54(79)71-18-30-99-38-46-103-42-34-95-26-14-66(91)111-75-59(84)3-4-60(75)85,51-108-23-11-55(80)72-19-31-100-39-47-104-43-35-96-27-15-67(92)112-76-61(86)5-6-62(76)87)52-109-24-12-56(81)73-20-32-101-40-48-105-44-36-97-28-16-68(93)113-77-63(88)7-8-64(77)89/h1-52H2,(H,70,78)(H,71,79)(H,72,80)(H,73,81). The second-order valence-corrected chi connectivity index (χ2v) is 24.6. The number of amides is 12. The summed E-state index contributed by atoms with van der Waals surface area (Å²) in [5.41, 5.74) is -1.15. The van der Waals surface area contributed by atoms with Crippen LogP contribution < -0.4 is 21.3 Å². The SMILES string of the molecule is O=C(CCOCC(COCCC(=O)NCCOCCOCCOCCC(=O)ON1C(=O)CCC1=O)(COCCC(=O)NCCOCCOCCOCCC(=O)ON1C(=O)CCC1=O)COCCC(=O)NCCOCCOCCOCCC(=O)ON1C(=O)CCC1=O)NCCOCCOCCOCCC(=O)ON1C(=O)CCC1=O. The monoisotopic (exact) mass is 1620 g/mol. The van der Waals surface area contributed by atoms with Gasteiger partial charge in [0.05, 0.1) is 243 Å². The zero-order valence-corrected chi connectivity index (χ0v) is 63.8. The molecule has 44 heteroatoms. The Hall–Kier alpha value is -8.32. The minimum atomic E-state index is -1.15. The van der Waals surface area contributed by atoms with Crippen LogP contribution in [0.3, 0.4) is 0 Å². The lowest BCUT2D eigenvalue weighted by molar-refractivity contribution is -0.198. The van der Waals surface area contributed by atoms with Crippen molar-refractivity contribution in [1.29, 1.82) is 0 Å². The number of rotatable bonds is 72.